The maximum Gasteiger partial charge on any atom is 0.251 e. The van der Waals surface area contributed by atoms with Gasteiger partial charge in [-0.1, -0.05) is 0 Å². The number of nitrogen functional groups attached to an aromatic ring is 1. The van der Waals surface area contributed by atoms with Gasteiger partial charge in [0.2, 0.25) is 0 Å². The molecule has 0 atom stereocenters. The first-order chi connectivity index (χ1) is 7.16. The number of rotatable bonds is 2. The van der Waals surface area contributed by atoms with Crippen LogP contribution >= 0.6 is 0 Å². The Morgan fingerprint density at radius 2 is 2.27 bits per heavy atom. The SMILES string of the molecule is Cc1ccn(-c2nccc(C(=N)N)n2)n1. The second-order valence-corrected chi connectivity index (χ2v) is 3.06. The number of amidine groups is 1. The summed E-state index contributed by atoms with van der Waals surface area (Å²) >= 11 is 0. The monoisotopic (exact) mass is 202 g/mol. The molecule has 0 saturated heterocycles. The summed E-state index contributed by atoms with van der Waals surface area (Å²) in [6.45, 7) is 1.88. The Morgan fingerprint density at radius 1 is 1.47 bits per heavy atom. The Bertz CT molecular complexity index is 501. The van der Waals surface area contributed by atoms with Gasteiger partial charge >= 0.3 is 0 Å². The minimum atomic E-state index is -0.0810. The van der Waals surface area contributed by atoms with Gasteiger partial charge < -0.3 is 5.73 Å². The van der Waals surface area contributed by atoms with Crippen molar-refractivity contribution in [2.75, 3.05) is 0 Å². The lowest BCUT2D eigenvalue weighted by Gasteiger charge is -2.01. The first-order valence-corrected chi connectivity index (χ1v) is 4.37. The molecule has 6 heteroatoms. The normalized spacial score (nSPS) is 10.2. The molecule has 0 bridgehead atoms. The molecule has 0 radical (unpaired) electrons. The van der Waals surface area contributed by atoms with Crippen molar-refractivity contribution in [2.24, 2.45) is 5.73 Å². The molecule has 0 saturated carbocycles. The molecule has 3 N–H and O–H groups in total. The van der Waals surface area contributed by atoms with Gasteiger partial charge in [-0.05, 0) is 19.1 Å². The highest BCUT2D eigenvalue weighted by atomic mass is 15.3. The molecule has 15 heavy (non-hydrogen) atoms. The third-order valence-corrected chi connectivity index (χ3v) is 1.85. The topological polar surface area (TPSA) is 93.5 Å². The van der Waals surface area contributed by atoms with Gasteiger partial charge in [-0.2, -0.15) is 5.10 Å². The van der Waals surface area contributed by atoms with E-state index < -0.39 is 0 Å². The molecule has 6 nitrogen and oxygen atoms in total. The Kier molecular flexibility index (Phi) is 2.17. The molecular formula is C9H10N6. The number of nitrogens with zero attached hydrogens (tertiary/aromatic N) is 4. The van der Waals surface area contributed by atoms with Crippen molar-refractivity contribution in [1.29, 1.82) is 5.41 Å². The van der Waals surface area contributed by atoms with Crippen LogP contribution in [0.2, 0.25) is 0 Å². The molecule has 2 rings (SSSR count). The van der Waals surface area contributed by atoms with Gasteiger partial charge in [-0.25, -0.2) is 14.6 Å². The van der Waals surface area contributed by atoms with E-state index in [1.807, 2.05) is 13.0 Å². The molecule has 76 valence electrons. The number of nitrogens with two attached hydrogens (primary N) is 1. The molecule has 0 aliphatic carbocycles. The van der Waals surface area contributed by atoms with E-state index in [1.54, 1.807) is 23.1 Å². The molecule has 2 heterocycles. The summed E-state index contributed by atoms with van der Waals surface area (Å²) in [6.07, 6.45) is 3.31. The van der Waals surface area contributed by atoms with Gasteiger partial charge in [-0.3, -0.25) is 5.41 Å². The standard InChI is InChI=1S/C9H10N6/c1-6-3-5-15(14-6)9-12-4-2-7(13-9)8(10)11/h2-5H,1H3,(H3,10,11). The number of hydrogen-bond donors (Lipinski definition) is 2. The number of hydrogen-bond acceptors (Lipinski definition) is 4. The van der Waals surface area contributed by atoms with Crippen LogP contribution < -0.4 is 5.73 Å². The Balaban J connectivity index is 2.45. The maximum atomic E-state index is 7.26. The summed E-state index contributed by atoms with van der Waals surface area (Å²) in [6, 6.07) is 3.44. The van der Waals surface area contributed by atoms with E-state index >= 15 is 0 Å². The summed E-state index contributed by atoms with van der Waals surface area (Å²) in [5.41, 5.74) is 6.61. The van der Waals surface area contributed by atoms with Crippen molar-refractivity contribution in [1.82, 2.24) is 19.7 Å². The zero-order valence-electron chi connectivity index (χ0n) is 8.18. The summed E-state index contributed by atoms with van der Waals surface area (Å²) < 4.78 is 1.54. The molecule has 0 spiro atoms. The highest BCUT2D eigenvalue weighted by Gasteiger charge is 2.04. The van der Waals surface area contributed by atoms with E-state index in [9.17, 15) is 0 Å². The molecule has 0 amide bonds. The quantitative estimate of drug-likeness (QED) is 0.539. The fourth-order valence-electron chi connectivity index (χ4n) is 1.14. The van der Waals surface area contributed by atoms with Crippen LogP contribution in [-0.4, -0.2) is 25.6 Å². The molecule has 2 aromatic rings. The number of aryl methyl sites for hydroxylation is 1. The maximum absolute atomic E-state index is 7.26. The average molecular weight is 202 g/mol. The van der Waals surface area contributed by atoms with Gasteiger partial charge in [0, 0.05) is 12.4 Å². The van der Waals surface area contributed by atoms with Crippen LogP contribution in [-0.2, 0) is 0 Å². The fourth-order valence-corrected chi connectivity index (χ4v) is 1.14. The highest BCUT2D eigenvalue weighted by molar-refractivity contribution is 5.92. The summed E-state index contributed by atoms with van der Waals surface area (Å²) in [7, 11) is 0. The van der Waals surface area contributed by atoms with Crippen molar-refractivity contribution in [2.45, 2.75) is 6.92 Å². The molecule has 0 unspecified atom stereocenters. The fraction of sp³-hybridized carbons (Fsp3) is 0.111. The summed E-state index contributed by atoms with van der Waals surface area (Å²) in [4.78, 5) is 8.14. The summed E-state index contributed by atoms with van der Waals surface area (Å²) in [5, 5.41) is 11.4. The lowest BCUT2D eigenvalue weighted by molar-refractivity contribution is 0.795. The summed E-state index contributed by atoms with van der Waals surface area (Å²) in [5.74, 6) is 0.332. The van der Waals surface area contributed by atoms with Crippen LogP contribution in [0.1, 0.15) is 11.4 Å². The molecule has 0 aliphatic heterocycles. The highest BCUT2D eigenvalue weighted by Crippen LogP contribution is 2.01. The van der Waals surface area contributed by atoms with Crippen molar-refractivity contribution in [3.8, 4) is 5.95 Å². The van der Waals surface area contributed by atoms with Gasteiger partial charge in [0.1, 0.15) is 11.5 Å². The molecular weight excluding hydrogens is 192 g/mol. The van der Waals surface area contributed by atoms with E-state index in [1.165, 1.54) is 0 Å². The first-order valence-electron chi connectivity index (χ1n) is 4.37. The molecule has 0 aliphatic rings. The second kappa shape index (κ2) is 3.49. The zero-order valence-corrected chi connectivity index (χ0v) is 8.18. The second-order valence-electron chi connectivity index (χ2n) is 3.06. The van der Waals surface area contributed by atoms with Gasteiger partial charge in [-0.15, -0.1) is 0 Å². The van der Waals surface area contributed by atoms with Crippen LogP contribution in [0.15, 0.2) is 24.5 Å². The smallest absolute Gasteiger partial charge is 0.251 e. The molecule has 0 aromatic carbocycles. The van der Waals surface area contributed by atoms with Gasteiger partial charge in [0.15, 0.2) is 0 Å². The van der Waals surface area contributed by atoms with Crippen LogP contribution in [0.4, 0.5) is 0 Å². The van der Waals surface area contributed by atoms with Crippen molar-refractivity contribution in [3.63, 3.8) is 0 Å². The Hall–Kier alpha value is -2.24. The third kappa shape index (κ3) is 1.83. The van der Waals surface area contributed by atoms with Crippen molar-refractivity contribution in [3.05, 3.63) is 35.9 Å². The third-order valence-electron chi connectivity index (χ3n) is 1.85. The minimum absolute atomic E-state index is 0.0810. The molecule has 0 fully saturated rings. The minimum Gasteiger partial charge on any atom is -0.382 e. The van der Waals surface area contributed by atoms with E-state index in [0.717, 1.165) is 5.69 Å². The predicted octanol–water partition coefficient (Wildman–Crippen LogP) is 0.255. The molecule has 2 aromatic heterocycles. The predicted molar refractivity (Wildman–Crippen MR) is 54.9 cm³/mol. The largest absolute Gasteiger partial charge is 0.382 e. The van der Waals surface area contributed by atoms with E-state index in [2.05, 4.69) is 15.1 Å². The van der Waals surface area contributed by atoms with Crippen molar-refractivity contribution < 1.29 is 0 Å². The van der Waals surface area contributed by atoms with E-state index in [0.29, 0.717) is 11.6 Å². The number of aromatic nitrogens is 4. The van der Waals surface area contributed by atoms with Crippen molar-refractivity contribution >= 4 is 5.84 Å². The van der Waals surface area contributed by atoms with E-state index in [4.69, 9.17) is 11.1 Å². The van der Waals surface area contributed by atoms with Gasteiger partial charge in [0.25, 0.3) is 5.95 Å². The zero-order chi connectivity index (χ0) is 10.8. The van der Waals surface area contributed by atoms with E-state index in [-0.39, 0.29) is 5.84 Å². The van der Waals surface area contributed by atoms with Crippen LogP contribution in [0.5, 0.6) is 0 Å². The van der Waals surface area contributed by atoms with Crippen LogP contribution in [0.3, 0.4) is 0 Å². The van der Waals surface area contributed by atoms with Crippen LogP contribution in [0.25, 0.3) is 5.95 Å². The average Bonchev–Trinajstić information content (AvgIpc) is 2.65. The van der Waals surface area contributed by atoms with Crippen LogP contribution in [0, 0.1) is 12.3 Å². The Labute approximate surface area is 86.3 Å². The lowest BCUT2D eigenvalue weighted by Crippen LogP contribution is -2.15. The first kappa shape index (κ1) is 9.32. The lowest BCUT2D eigenvalue weighted by atomic mass is 10.4. The Morgan fingerprint density at radius 3 is 2.87 bits per heavy atom. The van der Waals surface area contributed by atoms with Gasteiger partial charge in [0.05, 0.1) is 5.69 Å². The number of nitrogens with one attached hydrogen (secondary N) is 1.